The van der Waals surface area contributed by atoms with Crippen molar-refractivity contribution in [3.63, 3.8) is 0 Å². The molecule has 0 aromatic heterocycles. The van der Waals surface area contributed by atoms with Gasteiger partial charge in [-0.15, -0.1) is 0 Å². The lowest BCUT2D eigenvalue weighted by atomic mass is 10.2. The fourth-order valence-electron chi connectivity index (χ4n) is 1.26. The Balaban J connectivity index is 3.70. The van der Waals surface area contributed by atoms with E-state index >= 15 is 0 Å². The van der Waals surface area contributed by atoms with Crippen molar-refractivity contribution >= 4 is 9.84 Å². The van der Waals surface area contributed by atoms with Crippen LogP contribution in [0, 0.1) is 0 Å². The smallest absolute Gasteiger partial charge is 0.147 e. The second-order valence-electron chi connectivity index (χ2n) is 3.84. The van der Waals surface area contributed by atoms with Crippen LogP contribution in [0.15, 0.2) is 0 Å². The van der Waals surface area contributed by atoms with E-state index in [1.165, 1.54) is 6.26 Å². The van der Waals surface area contributed by atoms with E-state index in [1.807, 2.05) is 13.8 Å². The first-order valence-electron chi connectivity index (χ1n) is 4.78. The molecule has 0 rings (SSSR count). The maximum Gasteiger partial charge on any atom is 0.147 e. The summed E-state index contributed by atoms with van der Waals surface area (Å²) in [6.07, 6.45) is 1.91. The topological polar surface area (TPSA) is 55.4 Å². The van der Waals surface area contributed by atoms with Crippen LogP contribution < -0.4 is 5.32 Å². The summed E-state index contributed by atoms with van der Waals surface area (Å²) in [6.45, 7) is 4.64. The molecular formula is C9H21NO3S. The van der Waals surface area contributed by atoms with Crippen LogP contribution in [0.5, 0.6) is 0 Å². The van der Waals surface area contributed by atoms with Gasteiger partial charge in [-0.05, 0) is 20.3 Å². The summed E-state index contributed by atoms with van der Waals surface area (Å²) in [5.74, 6) is 0.237. The normalized spacial score (nSPS) is 16.6. The van der Waals surface area contributed by atoms with Crippen molar-refractivity contribution in [2.45, 2.75) is 32.4 Å². The van der Waals surface area contributed by atoms with E-state index in [2.05, 4.69) is 5.32 Å². The van der Waals surface area contributed by atoms with E-state index in [-0.39, 0.29) is 17.8 Å². The van der Waals surface area contributed by atoms with Crippen molar-refractivity contribution in [3.05, 3.63) is 0 Å². The number of ether oxygens (including phenoxy) is 1. The van der Waals surface area contributed by atoms with Gasteiger partial charge in [-0.25, -0.2) is 8.42 Å². The molecule has 0 bridgehead atoms. The third kappa shape index (κ3) is 8.47. The molecule has 0 saturated heterocycles. The Hall–Kier alpha value is -0.130. The molecule has 0 heterocycles. The maximum absolute atomic E-state index is 10.9. The van der Waals surface area contributed by atoms with Gasteiger partial charge in [-0.2, -0.15) is 0 Å². The van der Waals surface area contributed by atoms with Crippen molar-refractivity contribution in [2.75, 3.05) is 25.7 Å². The van der Waals surface area contributed by atoms with Gasteiger partial charge in [0.05, 0.1) is 12.4 Å². The second kappa shape index (κ2) is 6.37. The quantitative estimate of drug-likeness (QED) is 0.680. The minimum Gasteiger partial charge on any atom is -0.383 e. The Morgan fingerprint density at radius 3 is 2.29 bits per heavy atom. The Labute approximate surface area is 86.9 Å². The third-order valence-corrected chi connectivity index (χ3v) is 2.88. The molecule has 0 aliphatic heterocycles. The molecule has 2 unspecified atom stereocenters. The van der Waals surface area contributed by atoms with Crippen molar-refractivity contribution < 1.29 is 13.2 Å². The van der Waals surface area contributed by atoms with Crippen LogP contribution >= 0.6 is 0 Å². The van der Waals surface area contributed by atoms with Crippen LogP contribution in [0.25, 0.3) is 0 Å². The number of nitrogens with one attached hydrogen (secondary N) is 1. The van der Waals surface area contributed by atoms with Gasteiger partial charge in [0.1, 0.15) is 9.84 Å². The lowest BCUT2D eigenvalue weighted by Crippen LogP contribution is -2.38. The number of rotatable bonds is 7. The molecule has 0 aliphatic rings. The molecule has 0 spiro atoms. The van der Waals surface area contributed by atoms with Crippen molar-refractivity contribution in [3.8, 4) is 0 Å². The molecule has 0 aromatic carbocycles. The largest absolute Gasteiger partial charge is 0.383 e. The molecule has 5 heteroatoms. The average molecular weight is 223 g/mol. The van der Waals surface area contributed by atoms with Crippen molar-refractivity contribution in [1.82, 2.24) is 5.32 Å². The summed E-state index contributed by atoms with van der Waals surface area (Å²) >= 11 is 0. The molecule has 0 amide bonds. The average Bonchev–Trinajstić information content (AvgIpc) is 2.00. The Kier molecular flexibility index (Phi) is 6.31. The fourth-order valence-corrected chi connectivity index (χ4v) is 2.04. The predicted octanol–water partition coefficient (Wildman–Crippen LogP) is 0.434. The highest BCUT2D eigenvalue weighted by molar-refractivity contribution is 7.90. The first kappa shape index (κ1) is 13.9. The van der Waals surface area contributed by atoms with Crippen LogP contribution in [0.1, 0.15) is 20.3 Å². The molecule has 0 aliphatic carbocycles. The highest BCUT2D eigenvalue weighted by atomic mass is 32.2. The molecule has 4 nitrogen and oxygen atoms in total. The van der Waals surface area contributed by atoms with E-state index in [0.717, 1.165) is 0 Å². The van der Waals surface area contributed by atoms with Crippen LogP contribution in [0.4, 0.5) is 0 Å². The Morgan fingerprint density at radius 2 is 1.86 bits per heavy atom. The van der Waals surface area contributed by atoms with E-state index in [1.54, 1.807) is 7.11 Å². The summed E-state index contributed by atoms with van der Waals surface area (Å²) in [5, 5.41) is 3.26. The number of hydrogen-bond donors (Lipinski definition) is 1. The lowest BCUT2D eigenvalue weighted by Gasteiger charge is -2.18. The molecule has 0 fully saturated rings. The molecule has 0 aromatic rings. The monoisotopic (exact) mass is 223 g/mol. The summed E-state index contributed by atoms with van der Waals surface area (Å²) in [4.78, 5) is 0. The maximum atomic E-state index is 10.9. The first-order valence-corrected chi connectivity index (χ1v) is 6.84. The highest BCUT2D eigenvalue weighted by Crippen LogP contribution is 1.97. The van der Waals surface area contributed by atoms with Crippen molar-refractivity contribution in [2.24, 2.45) is 0 Å². The minimum atomic E-state index is -2.84. The highest BCUT2D eigenvalue weighted by Gasteiger charge is 2.10. The van der Waals surface area contributed by atoms with Gasteiger partial charge in [0.25, 0.3) is 0 Å². The van der Waals surface area contributed by atoms with Gasteiger partial charge in [-0.3, -0.25) is 0 Å². The van der Waals surface area contributed by atoms with Crippen LogP contribution in [0.2, 0.25) is 0 Å². The number of methoxy groups -OCH3 is 1. The molecule has 14 heavy (non-hydrogen) atoms. The standard InChI is InChI=1S/C9H21NO3S/c1-8(5-6-14(4,11)12)10-9(2)7-13-3/h8-10H,5-7H2,1-4H3. The summed E-state index contributed by atoms with van der Waals surface area (Å²) in [5.41, 5.74) is 0. The molecular weight excluding hydrogens is 202 g/mol. The van der Waals surface area contributed by atoms with Crippen LogP contribution in [-0.4, -0.2) is 46.2 Å². The molecule has 1 N–H and O–H groups in total. The number of sulfone groups is 1. The van der Waals surface area contributed by atoms with Crippen molar-refractivity contribution in [1.29, 1.82) is 0 Å². The van der Waals surface area contributed by atoms with Gasteiger partial charge < -0.3 is 10.1 Å². The predicted molar refractivity (Wildman–Crippen MR) is 58.3 cm³/mol. The molecule has 0 radical (unpaired) electrons. The summed E-state index contributed by atoms with van der Waals surface area (Å²) in [6, 6.07) is 0.462. The Bertz CT molecular complexity index is 238. The number of hydrogen-bond acceptors (Lipinski definition) is 4. The van der Waals surface area contributed by atoms with E-state index < -0.39 is 9.84 Å². The summed E-state index contributed by atoms with van der Waals surface area (Å²) in [7, 11) is -1.19. The zero-order valence-corrected chi connectivity index (χ0v) is 10.2. The minimum absolute atomic E-state index is 0.204. The van der Waals surface area contributed by atoms with E-state index in [0.29, 0.717) is 13.0 Å². The molecule has 0 saturated carbocycles. The first-order chi connectivity index (χ1) is 6.35. The zero-order valence-electron chi connectivity index (χ0n) is 9.41. The second-order valence-corrected chi connectivity index (χ2v) is 6.10. The molecule has 2 atom stereocenters. The molecule has 86 valence electrons. The van der Waals surface area contributed by atoms with Gasteiger partial charge in [0.15, 0.2) is 0 Å². The van der Waals surface area contributed by atoms with Crippen LogP contribution in [0.3, 0.4) is 0 Å². The van der Waals surface area contributed by atoms with E-state index in [4.69, 9.17) is 4.74 Å². The van der Waals surface area contributed by atoms with Gasteiger partial charge in [0.2, 0.25) is 0 Å². The van der Waals surface area contributed by atoms with E-state index in [9.17, 15) is 8.42 Å². The fraction of sp³-hybridized carbons (Fsp3) is 1.00. The Morgan fingerprint density at radius 1 is 1.29 bits per heavy atom. The SMILES string of the molecule is COCC(C)NC(C)CCS(C)(=O)=O. The third-order valence-electron chi connectivity index (χ3n) is 1.91. The zero-order chi connectivity index (χ0) is 11.2. The van der Waals surface area contributed by atoms with Crippen LogP contribution in [-0.2, 0) is 14.6 Å². The lowest BCUT2D eigenvalue weighted by molar-refractivity contribution is 0.167. The summed E-state index contributed by atoms with van der Waals surface area (Å²) < 4.78 is 26.8. The van der Waals surface area contributed by atoms with Gasteiger partial charge >= 0.3 is 0 Å². The van der Waals surface area contributed by atoms with Gasteiger partial charge in [0, 0.05) is 25.4 Å². The van der Waals surface area contributed by atoms with Gasteiger partial charge in [-0.1, -0.05) is 0 Å².